The van der Waals surface area contributed by atoms with Crippen LogP contribution < -0.4 is 15.4 Å². The second kappa shape index (κ2) is 7.59. The van der Waals surface area contributed by atoms with Crippen molar-refractivity contribution < 1.29 is 19.1 Å². The molecule has 0 unspecified atom stereocenters. The number of rotatable bonds is 5. The average molecular weight is 357 g/mol. The van der Waals surface area contributed by atoms with Crippen LogP contribution in [0.3, 0.4) is 0 Å². The molecule has 2 saturated heterocycles. The maximum atomic E-state index is 12.5. The molecule has 0 aromatic heterocycles. The Morgan fingerprint density at radius 2 is 2.00 bits per heavy atom. The number of hydrogen-bond acceptors (Lipinski definition) is 4. The van der Waals surface area contributed by atoms with Crippen molar-refractivity contribution >= 4 is 23.9 Å². The zero-order chi connectivity index (χ0) is 18.6. The van der Waals surface area contributed by atoms with Crippen molar-refractivity contribution in [1.29, 1.82) is 0 Å². The highest BCUT2D eigenvalue weighted by molar-refractivity contribution is 6.07. The van der Waals surface area contributed by atoms with E-state index in [0.29, 0.717) is 32.5 Å². The Morgan fingerprint density at radius 3 is 2.65 bits per heavy atom. The second-order valence-electron chi connectivity index (χ2n) is 6.54. The first-order chi connectivity index (χ1) is 12.5. The second-order valence-corrected chi connectivity index (χ2v) is 6.54. The highest BCUT2D eigenvalue weighted by Crippen LogP contribution is 2.26. The van der Waals surface area contributed by atoms with Gasteiger partial charge >= 0.3 is 6.03 Å². The molecule has 0 bridgehead atoms. The number of benzene rings is 1. The topological polar surface area (TPSA) is 87.7 Å². The van der Waals surface area contributed by atoms with E-state index in [2.05, 4.69) is 10.6 Å². The Bertz CT molecular complexity index is 736. The molecule has 1 spiro atoms. The number of nitrogens with one attached hydrogen (secondary N) is 2. The number of hydrogen-bond donors (Lipinski definition) is 2. The first-order valence-corrected chi connectivity index (χ1v) is 8.86. The quantitative estimate of drug-likeness (QED) is 0.620. The van der Waals surface area contributed by atoms with Gasteiger partial charge in [0.25, 0.3) is 5.91 Å². The number of para-hydroxylation sites is 1. The van der Waals surface area contributed by atoms with Crippen LogP contribution >= 0.6 is 0 Å². The summed E-state index contributed by atoms with van der Waals surface area (Å²) in [5.74, 6) is 0.336. The molecular weight excluding hydrogens is 334 g/mol. The fourth-order valence-corrected chi connectivity index (χ4v) is 3.22. The van der Waals surface area contributed by atoms with Crippen molar-refractivity contribution in [3.05, 3.63) is 35.9 Å². The van der Waals surface area contributed by atoms with Crippen LogP contribution in [0, 0.1) is 0 Å². The van der Waals surface area contributed by atoms with Gasteiger partial charge in [0.1, 0.15) is 11.3 Å². The fraction of sp³-hybridized carbons (Fsp3) is 0.421. The van der Waals surface area contributed by atoms with E-state index in [1.807, 2.05) is 31.2 Å². The van der Waals surface area contributed by atoms with Crippen molar-refractivity contribution in [1.82, 2.24) is 15.5 Å². The third-order valence-corrected chi connectivity index (χ3v) is 4.73. The number of carbonyl (C=O) groups excluding carboxylic acids is 3. The van der Waals surface area contributed by atoms with Gasteiger partial charge in [-0.15, -0.1) is 0 Å². The molecule has 0 atom stereocenters. The molecular formula is C19H23N3O4. The van der Waals surface area contributed by atoms with Crippen molar-refractivity contribution in [3.63, 3.8) is 0 Å². The molecule has 3 rings (SSSR count). The van der Waals surface area contributed by atoms with Crippen LogP contribution in [0.15, 0.2) is 30.3 Å². The van der Waals surface area contributed by atoms with Crippen LogP contribution in [-0.4, -0.2) is 48.0 Å². The van der Waals surface area contributed by atoms with E-state index in [0.717, 1.165) is 17.7 Å². The van der Waals surface area contributed by atoms with Gasteiger partial charge in [-0.1, -0.05) is 25.1 Å². The lowest BCUT2D eigenvalue weighted by atomic mass is 9.87. The van der Waals surface area contributed by atoms with Gasteiger partial charge in [0.05, 0.1) is 6.61 Å². The summed E-state index contributed by atoms with van der Waals surface area (Å²) in [5, 5.41) is 4.96. The first kappa shape index (κ1) is 18.0. The lowest BCUT2D eigenvalue weighted by Crippen LogP contribution is -2.55. The Balaban J connectivity index is 1.61. The van der Waals surface area contributed by atoms with Gasteiger partial charge in [0, 0.05) is 24.7 Å². The maximum Gasteiger partial charge on any atom is 0.322 e. The van der Waals surface area contributed by atoms with Crippen molar-refractivity contribution in [3.8, 4) is 5.75 Å². The third-order valence-electron chi connectivity index (χ3n) is 4.73. The van der Waals surface area contributed by atoms with Crippen LogP contribution in [-0.2, 0) is 9.59 Å². The highest BCUT2D eigenvalue weighted by atomic mass is 16.5. The minimum Gasteiger partial charge on any atom is -0.493 e. The molecule has 1 aromatic carbocycles. The van der Waals surface area contributed by atoms with Gasteiger partial charge in [0.2, 0.25) is 5.91 Å². The van der Waals surface area contributed by atoms with Crippen molar-refractivity contribution in [2.24, 2.45) is 0 Å². The molecule has 7 heteroatoms. The van der Waals surface area contributed by atoms with Gasteiger partial charge in [-0.05, 0) is 31.4 Å². The van der Waals surface area contributed by atoms with E-state index in [4.69, 9.17) is 4.74 Å². The van der Waals surface area contributed by atoms with E-state index in [1.165, 1.54) is 6.08 Å². The Hall–Kier alpha value is -2.83. The van der Waals surface area contributed by atoms with Crippen LogP contribution in [0.2, 0.25) is 0 Å². The smallest absolute Gasteiger partial charge is 0.322 e. The van der Waals surface area contributed by atoms with E-state index < -0.39 is 11.6 Å². The van der Waals surface area contributed by atoms with Gasteiger partial charge < -0.3 is 15.0 Å². The van der Waals surface area contributed by atoms with Gasteiger partial charge in [-0.2, -0.15) is 0 Å². The minimum atomic E-state index is -0.863. The maximum absolute atomic E-state index is 12.5. The molecule has 2 aliphatic rings. The first-order valence-electron chi connectivity index (χ1n) is 8.86. The molecule has 7 nitrogen and oxygen atoms in total. The molecule has 2 fully saturated rings. The van der Waals surface area contributed by atoms with Crippen LogP contribution in [0.25, 0.3) is 6.08 Å². The number of piperidine rings is 1. The van der Waals surface area contributed by atoms with E-state index >= 15 is 0 Å². The molecule has 0 saturated carbocycles. The highest BCUT2D eigenvalue weighted by Gasteiger charge is 2.48. The monoisotopic (exact) mass is 357 g/mol. The molecule has 138 valence electrons. The largest absolute Gasteiger partial charge is 0.493 e. The number of urea groups is 1. The summed E-state index contributed by atoms with van der Waals surface area (Å²) in [6.45, 7) is 3.51. The van der Waals surface area contributed by atoms with E-state index in [9.17, 15) is 14.4 Å². The van der Waals surface area contributed by atoms with Crippen LogP contribution in [0.1, 0.15) is 31.7 Å². The number of nitrogens with zero attached hydrogens (tertiary/aromatic N) is 1. The molecule has 1 aromatic rings. The standard InChI is InChI=1S/C19H23N3O4/c1-2-13-26-15-6-4-3-5-14(15)7-8-16(23)22-11-9-19(10-12-22)17(24)20-18(25)21-19/h3-8H,2,9-13H2,1H3,(H2,20,21,24,25)/b8-7+. The third kappa shape index (κ3) is 3.71. The summed E-state index contributed by atoms with van der Waals surface area (Å²) in [6, 6.07) is 7.12. The predicted octanol–water partition coefficient (Wildman–Crippen LogP) is 1.69. The molecule has 2 N–H and O–H groups in total. The number of likely N-dealkylation sites (tertiary alicyclic amines) is 1. The number of ether oxygens (including phenoxy) is 1. The summed E-state index contributed by atoms with van der Waals surface area (Å²) < 4.78 is 5.69. The fourth-order valence-electron chi connectivity index (χ4n) is 3.22. The van der Waals surface area contributed by atoms with Crippen molar-refractivity contribution in [2.75, 3.05) is 19.7 Å². The Kier molecular flexibility index (Phi) is 5.25. The van der Waals surface area contributed by atoms with Crippen LogP contribution in [0.5, 0.6) is 5.75 Å². The molecule has 2 heterocycles. The summed E-state index contributed by atoms with van der Waals surface area (Å²) in [5.41, 5.74) is -0.0109. The lowest BCUT2D eigenvalue weighted by Gasteiger charge is -2.36. The molecule has 0 aliphatic carbocycles. The number of imide groups is 1. The summed E-state index contributed by atoms with van der Waals surface area (Å²) in [6.07, 6.45) is 5.03. The number of amides is 4. The van der Waals surface area contributed by atoms with Gasteiger partial charge in [-0.25, -0.2) is 4.79 Å². The van der Waals surface area contributed by atoms with E-state index in [-0.39, 0.29) is 11.8 Å². The molecule has 0 radical (unpaired) electrons. The number of carbonyl (C=O) groups is 3. The zero-order valence-electron chi connectivity index (χ0n) is 14.8. The van der Waals surface area contributed by atoms with Gasteiger partial charge in [-0.3, -0.25) is 14.9 Å². The predicted molar refractivity (Wildman–Crippen MR) is 96.5 cm³/mol. The molecule has 2 aliphatic heterocycles. The Labute approximate surface area is 152 Å². The summed E-state index contributed by atoms with van der Waals surface area (Å²) >= 11 is 0. The normalized spacial score (nSPS) is 18.9. The SMILES string of the molecule is CCCOc1ccccc1/C=C/C(=O)N1CCC2(CC1)NC(=O)NC2=O. The minimum absolute atomic E-state index is 0.116. The lowest BCUT2D eigenvalue weighted by molar-refractivity contribution is -0.132. The van der Waals surface area contributed by atoms with E-state index in [1.54, 1.807) is 11.0 Å². The van der Waals surface area contributed by atoms with Crippen molar-refractivity contribution in [2.45, 2.75) is 31.7 Å². The summed E-state index contributed by atoms with van der Waals surface area (Å²) in [4.78, 5) is 37.5. The molecule has 4 amide bonds. The molecule has 26 heavy (non-hydrogen) atoms. The van der Waals surface area contributed by atoms with Crippen LogP contribution in [0.4, 0.5) is 4.79 Å². The zero-order valence-corrected chi connectivity index (χ0v) is 14.8. The average Bonchev–Trinajstić information content (AvgIpc) is 2.92. The Morgan fingerprint density at radius 1 is 1.27 bits per heavy atom. The van der Waals surface area contributed by atoms with Gasteiger partial charge in [0.15, 0.2) is 0 Å². The summed E-state index contributed by atoms with van der Waals surface area (Å²) in [7, 11) is 0.